The first kappa shape index (κ1) is 21.6. The van der Waals surface area contributed by atoms with Crippen molar-refractivity contribution in [2.45, 2.75) is 25.9 Å². The Morgan fingerprint density at radius 1 is 1.10 bits per heavy atom. The first-order valence-electron chi connectivity index (χ1n) is 9.81. The number of thioether (sulfide) groups is 1. The molecule has 0 saturated heterocycles. The quantitative estimate of drug-likeness (QED) is 0.535. The summed E-state index contributed by atoms with van der Waals surface area (Å²) in [5.41, 5.74) is 3.27. The second-order valence-electron chi connectivity index (χ2n) is 6.73. The van der Waals surface area contributed by atoms with Crippen LogP contribution >= 0.6 is 11.8 Å². The monoisotopic (exact) mass is 423 g/mol. The van der Waals surface area contributed by atoms with Crippen molar-refractivity contribution >= 4 is 29.3 Å². The van der Waals surface area contributed by atoms with Crippen molar-refractivity contribution in [1.82, 2.24) is 20.1 Å². The second kappa shape index (κ2) is 10.1. The number of carbonyl (C=O) groups is 2. The van der Waals surface area contributed by atoms with Crippen LogP contribution in [0.25, 0.3) is 11.4 Å². The molecule has 30 heavy (non-hydrogen) atoms. The lowest BCUT2D eigenvalue weighted by Crippen LogP contribution is -2.30. The highest BCUT2D eigenvalue weighted by Gasteiger charge is 2.14. The number of hydrogen-bond acceptors (Lipinski definition) is 5. The van der Waals surface area contributed by atoms with E-state index in [4.69, 9.17) is 0 Å². The number of H-pyrrole nitrogens is 1. The number of benzene rings is 2. The molecule has 3 rings (SSSR count). The van der Waals surface area contributed by atoms with Crippen molar-refractivity contribution in [3.63, 3.8) is 0 Å². The smallest absolute Gasteiger partial charge is 0.253 e. The molecule has 0 bridgehead atoms. The van der Waals surface area contributed by atoms with Crippen LogP contribution in [0.4, 0.5) is 5.69 Å². The maximum absolute atomic E-state index is 12.5. The first-order chi connectivity index (χ1) is 14.5. The number of aromatic nitrogens is 3. The summed E-state index contributed by atoms with van der Waals surface area (Å²) in [6.45, 7) is 7.20. The van der Waals surface area contributed by atoms with Gasteiger partial charge in [0.2, 0.25) is 11.1 Å². The van der Waals surface area contributed by atoms with E-state index in [1.165, 1.54) is 17.3 Å². The third-order valence-electron chi connectivity index (χ3n) is 4.57. The number of aromatic amines is 1. The summed E-state index contributed by atoms with van der Waals surface area (Å²) in [4.78, 5) is 31.0. The standard InChI is InChI=1S/C22H25N5O2S/c1-4-27(5-2)21(29)17-7-6-8-18(13-17)23-19(28)14-30-22-24-20(25-26-22)16-11-9-15(3)10-12-16/h6-13H,4-5,14H2,1-3H3,(H,23,28)(H,24,25,26). The van der Waals surface area contributed by atoms with E-state index in [1.807, 2.05) is 45.0 Å². The van der Waals surface area contributed by atoms with Crippen LogP contribution in [-0.4, -0.2) is 50.7 Å². The SMILES string of the molecule is CCN(CC)C(=O)c1cccc(NC(=O)CSc2n[nH]c(-c3ccc(C)cc3)n2)c1. The number of amides is 2. The lowest BCUT2D eigenvalue weighted by atomic mass is 10.1. The third-order valence-corrected chi connectivity index (χ3v) is 5.41. The van der Waals surface area contributed by atoms with E-state index >= 15 is 0 Å². The first-order valence-corrected chi connectivity index (χ1v) is 10.8. The molecule has 0 atom stereocenters. The van der Waals surface area contributed by atoms with Crippen LogP contribution in [0.3, 0.4) is 0 Å². The largest absolute Gasteiger partial charge is 0.339 e. The fourth-order valence-electron chi connectivity index (χ4n) is 2.90. The van der Waals surface area contributed by atoms with Gasteiger partial charge < -0.3 is 10.2 Å². The molecule has 2 amide bonds. The van der Waals surface area contributed by atoms with Crippen molar-refractivity contribution in [3.8, 4) is 11.4 Å². The van der Waals surface area contributed by atoms with Crippen LogP contribution in [-0.2, 0) is 4.79 Å². The number of aryl methyl sites for hydroxylation is 1. The van der Waals surface area contributed by atoms with Gasteiger partial charge in [0, 0.05) is 29.9 Å². The zero-order valence-corrected chi connectivity index (χ0v) is 18.1. The molecule has 7 nitrogen and oxygen atoms in total. The molecule has 8 heteroatoms. The molecule has 0 aliphatic carbocycles. The Bertz CT molecular complexity index is 1010. The number of nitrogens with one attached hydrogen (secondary N) is 2. The van der Waals surface area contributed by atoms with Gasteiger partial charge in [0.1, 0.15) is 0 Å². The van der Waals surface area contributed by atoms with Gasteiger partial charge in [-0.15, -0.1) is 5.10 Å². The van der Waals surface area contributed by atoms with Crippen LogP contribution in [0.2, 0.25) is 0 Å². The Hall–Kier alpha value is -3.13. The van der Waals surface area contributed by atoms with Gasteiger partial charge in [-0.05, 0) is 39.0 Å². The van der Waals surface area contributed by atoms with Crippen molar-refractivity contribution in [3.05, 3.63) is 59.7 Å². The number of nitrogens with zero attached hydrogens (tertiary/aromatic N) is 3. The molecule has 0 saturated carbocycles. The van der Waals surface area contributed by atoms with Gasteiger partial charge in [-0.2, -0.15) is 0 Å². The third kappa shape index (κ3) is 5.48. The summed E-state index contributed by atoms with van der Waals surface area (Å²) in [7, 11) is 0. The fourth-order valence-corrected chi connectivity index (χ4v) is 3.50. The Balaban J connectivity index is 1.57. The van der Waals surface area contributed by atoms with E-state index in [0.29, 0.717) is 35.3 Å². The molecular formula is C22H25N5O2S. The zero-order chi connectivity index (χ0) is 21.5. The highest BCUT2D eigenvalue weighted by atomic mass is 32.2. The van der Waals surface area contributed by atoms with Crippen molar-refractivity contribution in [2.24, 2.45) is 0 Å². The van der Waals surface area contributed by atoms with E-state index in [1.54, 1.807) is 29.2 Å². The Kier molecular flexibility index (Phi) is 7.24. The molecule has 3 aromatic rings. The maximum Gasteiger partial charge on any atom is 0.253 e. The fraction of sp³-hybridized carbons (Fsp3) is 0.273. The van der Waals surface area contributed by atoms with Crippen molar-refractivity contribution in [1.29, 1.82) is 0 Å². The predicted molar refractivity (Wildman–Crippen MR) is 120 cm³/mol. The van der Waals surface area contributed by atoms with E-state index < -0.39 is 0 Å². The molecule has 156 valence electrons. The average molecular weight is 424 g/mol. The van der Waals surface area contributed by atoms with E-state index in [9.17, 15) is 9.59 Å². The van der Waals surface area contributed by atoms with Crippen LogP contribution in [0, 0.1) is 6.92 Å². The van der Waals surface area contributed by atoms with Gasteiger partial charge >= 0.3 is 0 Å². The van der Waals surface area contributed by atoms with Gasteiger partial charge in [-0.1, -0.05) is 47.7 Å². The highest BCUT2D eigenvalue weighted by Crippen LogP contribution is 2.20. The molecule has 2 aromatic carbocycles. The van der Waals surface area contributed by atoms with Gasteiger partial charge in [-0.25, -0.2) is 4.98 Å². The number of hydrogen-bond donors (Lipinski definition) is 2. The van der Waals surface area contributed by atoms with Crippen molar-refractivity contribution < 1.29 is 9.59 Å². The summed E-state index contributed by atoms with van der Waals surface area (Å²) >= 11 is 1.25. The lowest BCUT2D eigenvalue weighted by molar-refractivity contribution is -0.113. The zero-order valence-electron chi connectivity index (χ0n) is 17.3. The molecular weight excluding hydrogens is 398 g/mol. The summed E-state index contributed by atoms with van der Waals surface area (Å²) < 4.78 is 0. The number of anilines is 1. The van der Waals surface area contributed by atoms with E-state index in [0.717, 1.165) is 5.56 Å². The number of carbonyl (C=O) groups excluding carboxylic acids is 2. The molecule has 0 fully saturated rings. The average Bonchev–Trinajstić information content (AvgIpc) is 3.23. The van der Waals surface area contributed by atoms with Crippen LogP contribution in [0.5, 0.6) is 0 Å². The highest BCUT2D eigenvalue weighted by molar-refractivity contribution is 7.99. The van der Waals surface area contributed by atoms with Gasteiger partial charge in [0.25, 0.3) is 5.91 Å². The maximum atomic E-state index is 12.5. The van der Waals surface area contributed by atoms with Gasteiger partial charge in [-0.3, -0.25) is 14.7 Å². The Labute approximate surface area is 180 Å². The minimum atomic E-state index is -0.186. The molecule has 0 unspecified atom stereocenters. The van der Waals surface area contributed by atoms with Gasteiger partial charge in [0.15, 0.2) is 5.82 Å². The summed E-state index contributed by atoms with van der Waals surface area (Å²) in [5.74, 6) is 0.601. The molecule has 1 heterocycles. The molecule has 1 aromatic heterocycles. The molecule has 2 N–H and O–H groups in total. The predicted octanol–water partition coefficient (Wildman–Crippen LogP) is 3.99. The minimum Gasteiger partial charge on any atom is -0.339 e. The summed E-state index contributed by atoms with van der Waals surface area (Å²) in [6.07, 6.45) is 0. The topological polar surface area (TPSA) is 91.0 Å². The van der Waals surface area contributed by atoms with Crippen LogP contribution in [0.15, 0.2) is 53.7 Å². The summed E-state index contributed by atoms with van der Waals surface area (Å²) in [6, 6.07) is 15.0. The van der Waals surface area contributed by atoms with Crippen LogP contribution in [0.1, 0.15) is 29.8 Å². The summed E-state index contributed by atoms with van der Waals surface area (Å²) in [5, 5.41) is 10.4. The van der Waals surface area contributed by atoms with E-state index in [-0.39, 0.29) is 17.6 Å². The van der Waals surface area contributed by atoms with Crippen molar-refractivity contribution in [2.75, 3.05) is 24.2 Å². The molecule has 0 aliphatic rings. The lowest BCUT2D eigenvalue weighted by Gasteiger charge is -2.19. The second-order valence-corrected chi connectivity index (χ2v) is 7.67. The molecule has 0 radical (unpaired) electrons. The van der Waals surface area contributed by atoms with Crippen LogP contribution < -0.4 is 5.32 Å². The van der Waals surface area contributed by atoms with Gasteiger partial charge in [0.05, 0.1) is 5.75 Å². The normalized spacial score (nSPS) is 10.6. The minimum absolute atomic E-state index is 0.0465. The molecule has 0 aliphatic heterocycles. The Morgan fingerprint density at radius 2 is 1.83 bits per heavy atom. The number of rotatable bonds is 8. The Morgan fingerprint density at radius 3 is 2.53 bits per heavy atom. The van der Waals surface area contributed by atoms with E-state index in [2.05, 4.69) is 20.5 Å². The molecule has 0 spiro atoms.